The monoisotopic (exact) mass is 279 g/mol. The molecule has 0 radical (unpaired) electrons. The highest BCUT2D eigenvalue weighted by molar-refractivity contribution is 5.80. The van der Waals surface area contributed by atoms with Gasteiger partial charge in [-0.05, 0) is 38.6 Å². The Bertz CT molecular complexity index is 338. The van der Waals surface area contributed by atoms with Crippen LogP contribution in [0.3, 0.4) is 0 Å². The van der Waals surface area contributed by atoms with Crippen LogP contribution < -0.4 is 0 Å². The molecule has 0 N–H and O–H groups in total. The lowest BCUT2D eigenvalue weighted by molar-refractivity contribution is -0.142. The zero-order valence-corrected chi connectivity index (χ0v) is 13.1. The number of rotatable bonds is 2. The van der Waals surface area contributed by atoms with E-state index in [1.165, 1.54) is 25.7 Å². The van der Waals surface area contributed by atoms with E-state index in [0.29, 0.717) is 5.91 Å². The first-order valence-electron chi connectivity index (χ1n) is 8.35. The summed E-state index contributed by atoms with van der Waals surface area (Å²) >= 11 is 0. The molecule has 0 unspecified atom stereocenters. The largest absolute Gasteiger partial charge is 0.340 e. The molecule has 1 aliphatic carbocycles. The van der Waals surface area contributed by atoms with Crippen LogP contribution in [0.25, 0.3) is 0 Å². The molecule has 0 aromatic rings. The van der Waals surface area contributed by atoms with E-state index < -0.39 is 0 Å². The molecule has 1 saturated carbocycles. The Balaban J connectivity index is 1.44. The van der Waals surface area contributed by atoms with Crippen molar-refractivity contribution in [1.82, 2.24) is 14.7 Å². The normalized spacial score (nSPS) is 34.0. The lowest BCUT2D eigenvalue weighted by Crippen LogP contribution is -2.58. The molecule has 0 bridgehead atoms. The number of carbonyl (C=O) groups excluding carboxylic acids is 1. The van der Waals surface area contributed by atoms with Crippen molar-refractivity contribution < 1.29 is 4.79 Å². The molecule has 4 nitrogen and oxygen atoms in total. The minimum Gasteiger partial charge on any atom is -0.340 e. The van der Waals surface area contributed by atoms with Gasteiger partial charge in [0.2, 0.25) is 5.91 Å². The third-order valence-electron chi connectivity index (χ3n) is 5.54. The summed E-state index contributed by atoms with van der Waals surface area (Å²) in [6.07, 6.45) is 5.50. The van der Waals surface area contributed by atoms with Gasteiger partial charge in [0.05, 0.1) is 5.92 Å². The van der Waals surface area contributed by atoms with Gasteiger partial charge in [0.1, 0.15) is 0 Å². The molecular weight excluding hydrogens is 250 g/mol. The first-order valence-corrected chi connectivity index (χ1v) is 8.35. The van der Waals surface area contributed by atoms with E-state index in [1.54, 1.807) is 0 Å². The summed E-state index contributed by atoms with van der Waals surface area (Å²) in [5.41, 5.74) is 0. The Labute approximate surface area is 123 Å². The van der Waals surface area contributed by atoms with Gasteiger partial charge in [0, 0.05) is 45.3 Å². The molecule has 3 rings (SSSR count). The van der Waals surface area contributed by atoms with Crippen molar-refractivity contribution in [3.63, 3.8) is 0 Å². The van der Waals surface area contributed by atoms with Gasteiger partial charge in [-0.25, -0.2) is 0 Å². The minimum atomic E-state index is 0.280. The van der Waals surface area contributed by atoms with Crippen molar-refractivity contribution in [2.75, 3.05) is 46.3 Å². The SMILES string of the molecule is CC1CCC(N2CCN(C(=O)C3CN(C)C3)CC2)CC1. The molecule has 114 valence electrons. The number of hydrogen-bond donors (Lipinski definition) is 0. The van der Waals surface area contributed by atoms with Crippen LogP contribution in [0.4, 0.5) is 0 Å². The molecule has 0 atom stereocenters. The summed E-state index contributed by atoms with van der Waals surface area (Å²) < 4.78 is 0. The summed E-state index contributed by atoms with van der Waals surface area (Å²) in [4.78, 5) is 19.3. The van der Waals surface area contributed by atoms with Crippen LogP contribution >= 0.6 is 0 Å². The third kappa shape index (κ3) is 3.01. The summed E-state index contributed by atoms with van der Waals surface area (Å²) in [5, 5.41) is 0. The maximum Gasteiger partial charge on any atom is 0.228 e. The number of amides is 1. The average molecular weight is 279 g/mol. The number of likely N-dealkylation sites (tertiary alicyclic amines) is 1. The van der Waals surface area contributed by atoms with Gasteiger partial charge in [0.25, 0.3) is 0 Å². The fourth-order valence-electron chi connectivity index (χ4n) is 4.03. The van der Waals surface area contributed by atoms with E-state index in [9.17, 15) is 4.79 Å². The molecule has 4 heteroatoms. The smallest absolute Gasteiger partial charge is 0.228 e. The summed E-state index contributed by atoms with van der Waals surface area (Å²) in [6.45, 7) is 8.37. The van der Waals surface area contributed by atoms with Crippen LogP contribution in [0.5, 0.6) is 0 Å². The van der Waals surface area contributed by atoms with E-state index in [2.05, 4.69) is 28.7 Å². The van der Waals surface area contributed by atoms with E-state index in [0.717, 1.165) is 51.2 Å². The Morgan fingerprint density at radius 2 is 1.55 bits per heavy atom. The lowest BCUT2D eigenvalue weighted by Gasteiger charge is -2.44. The molecule has 0 aromatic carbocycles. The fourth-order valence-corrected chi connectivity index (χ4v) is 4.03. The van der Waals surface area contributed by atoms with E-state index in [1.807, 2.05) is 0 Å². The quantitative estimate of drug-likeness (QED) is 0.762. The van der Waals surface area contributed by atoms with Crippen LogP contribution in [0.1, 0.15) is 32.6 Å². The molecule has 1 amide bonds. The van der Waals surface area contributed by atoms with Crippen molar-refractivity contribution in [3.8, 4) is 0 Å². The second-order valence-electron chi connectivity index (χ2n) is 7.19. The first kappa shape index (κ1) is 14.3. The van der Waals surface area contributed by atoms with Crippen molar-refractivity contribution >= 4 is 5.91 Å². The highest BCUT2D eigenvalue weighted by atomic mass is 16.2. The molecule has 2 aliphatic heterocycles. The maximum atomic E-state index is 12.3. The summed E-state index contributed by atoms with van der Waals surface area (Å²) in [6, 6.07) is 0.790. The predicted molar refractivity (Wildman–Crippen MR) is 80.6 cm³/mol. The predicted octanol–water partition coefficient (Wildman–Crippen LogP) is 1.27. The Morgan fingerprint density at radius 3 is 2.10 bits per heavy atom. The summed E-state index contributed by atoms with van der Waals surface area (Å²) in [7, 11) is 2.09. The van der Waals surface area contributed by atoms with Gasteiger partial charge < -0.3 is 9.80 Å². The van der Waals surface area contributed by atoms with Crippen molar-refractivity contribution in [2.24, 2.45) is 11.8 Å². The number of carbonyl (C=O) groups is 1. The number of nitrogens with zero attached hydrogens (tertiary/aromatic N) is 3. The highest BCUT2D eigenvalue weighted by Crippen LogP contribution is 2.28. The zero-order chi connectivity index (χ0) is 14.1. The van der Waals surface area contributed by atoms with Gasteiger partial charge in [-0.15, -0.1) is 0 Å². The fraction of sp³-hybridized carbons (Fsp3) is 0.938. The van der Waals surface area contributed by atoms with Crippen LogP contribution in [0.15, 0.2) is 0 Å². The molecule has 3 aliphatic rings. The van der Waals surface area contributed by atoms with E-state index >= 15 is 0 Å². The van der Waals surface area contributed by atoms with Gasteiger partial charge in [-0.3, -0.25) is 9.69 Å². The topological polar surface area (TPSA) is 26.8 Å². The van der Waals surface area contributed by atoms with Crippen LogP contribution in [0.2, 0.25) is 0 Å². The van der Waals surface area contributed by atoms with Crippen LogP contribution in [-0.2, 0) is 4.79 Å². The third-order valence-corrected chi connectivity index (χ3v) is 5.54. The van der Waals surface area contributed by atoms with Crippen LogP contribution in [-0.4, -0.2) is 73.0 Å². The average Bonchev–Trinajstić information content (AvgIpc) is 2.44. The Morgan fingerprint density at radius 1 is 0.950 bits per heavy atom. The van der Waals surface area contributed by atoms with Gasteiger partial charge in [0.15, 0.2) is 0 Å². The van der Waals surface area contributed by atoms with Gasteiger partial charge >= 0.3 is 0 Å². The van der Waals surface area contributed by atoms with E-state index in [4.69, 9.17) is 0 Å². The molecular formula is C16H29N3O. The second-order valence-corrected chi connectivity index (χ2v) is 7.19. The van der Waals surface area contributed by atoms with Crippen LogP contribution in [0, 0.1) is 11.8 Å². The molecule has 2 heterocycles. The molecule has 3 fully saturated rings. The zero-order valence-electron chi connectivity index (χ0n) is 13.1. The maximum absolute atomic E-state index is 12.3. The van der Waals surface area contributed by atoms with Crippen molar-refractivity contribution in [2.45, 2.75) is 38.6 Å². The van der Waals surface area contributed by atoms with Crippen molar-refractivity contribution in [3.05, 3.63) is 0 Å². The van der Waals surface area contributed by atoms with Gasteiger partial charge in [-0.2, -0.15) is 0 Å². The molecule has 2 saturated heterocycles. The Kier molecular flexibility index (Phi) is 4.32. The molecule has 0 spiro atoms. The molecule has 0 aromatic heterocycles. The van der Waals surface area contributed by atoms with Gasteiger partial charge in [-0.1, -0.05) is 6.92 Å². The second kappa shape index (κ2) is 6.02. The Hall–Kier alpha value is -0.610. The molecule has 20 heavy (non-hydrogen) atoms. The standard InChI is InChI=1S/C16H29N3O/c1-13-3-5-15(6-4-13)18-7-9-19(10-8-18)16(20)14-11-17(2)12-14/h13-15H,3-12H2,1-2H3. The van der Waals surface area contributed by atoms with Crippen molar-refractivity contribution in [1.29, 1.82) is 0 Å². The minimum absolute atomic E-state index is 0.280. The number of hydrogen-bond acceptors (Lipinski definition) is 3. The summed E-state index contributed by atoms with van der Waals surface area (Å²) in [5.74, 6) is 1.60. The van der Waals surface area contributed by atoms with E-state index in [-0.39, 0.29) is 5.92 Å². The first-order chi connectivity index (χ1) is 9.63. The highest BCUT2D eigenvalue weighted by Gasteiger charge is 2.35. The lowest BCUT2D eigenvalue weighted by atomic mass is 9.86. The number of piperazine rings is 1.